The molecule has 4 rings (SSSR count). The highest BCUT2D eigenvalue weighted by atomic mass is 35.5. The highest BCUT2D eigenvalue weighted by Crippen LogP contribution is 2.23. The van der Waals surface area contributed by atoms with Crippen molar-refractivity contribution in [3.8, 4) is 0 Å². The number of carbonyl (C=O) groups is 2. The minimum atomic E-state index is -0.0231. The van der Waals surface area contributed by atoms with Gasteiger partial charge in [-0.05, 0) is 55.5 Å². The lowest BCUT2D eigenvalue weighted by atomic mass is 9.95. The number of rotatable bonds is 6. The lowest BCUT2D eigenvalue weighted by molar-refractivity contribution is -0.125. The third kappa shape index (κ3) is 5.26. The molecule has 152 valence electrons. The van der Waals surface area contributed by atoms with Gasteiger partial charge in [0.25, 0.3) is 5.91 Å². The second-order valence-corrected chi connectivity index (χ2v) is 8.19. The van der Waals surface area contributed by atoms with Crippen LogP contribution in [0.4, 0.5) is 5.82 Å². The Kier molecular flexibility index (Phi) is 6.00. The summed E-state index contributed by atoms with van der Waals surface area (Å²) in [6, 6.07) is 11.5. The second-order valence-electron chi connectivity index (χ2n) is 7.76. The van der Waals surface area contributed by atoms with Crippen LogP contribution in [-0.2, 0) is 11.3 Å². The minimum absolute atomic E-state index is 0.0159. The fourth-order valence-electron chi connectivity index (χ4n) is 3.53. The molecule has 2 amide bonds. The zero-order valence-corrected chi connectivity index (χ0v) is 17.0. The van der Waals surface area contributed by atoms with Gasteiger partial charge < -0.3 is 15.5 Å². The van der Waals surface area contributed by atoms with Crippen LogP contribution in [0.2, 0.25) is 5.02 Å². The maximum Gasteiger partial charge on any atom is 0.251 e. The molecule has 2 aromatic rings. The van der Waals surface area contributed by atoms with Crippen LogP contribution in [0.1, 0.15) is 41.6 Å². The van der Waals surface area contributed by atoms with E-state index in [1.165, 1.54) is 0 Å². The summed E-state index contributed by atoms with van der Waals surface area (Å²) in [7, 11) is 0. The molecule has 1 saturated heterocycles. The van der Waals surface area contributed by atoms with Crippen molar-refractivity contribution in [2.24, 2.45) is 5.92 Å². The summed E-state index contributed by atoms with van der Waals surface area (Å²) < 4.78 is 0. The summed E-state index contributed by atoms with van der Waals surface area (Å²) in [4.78, 5) is 31.1. The van der Waals surface area contributed by atoms with Crippen LogP contribution in [0.3, 0.4) is 0 Å². The number of hydrogen-bond acceptors (Lipinski definition) is 4. The fourth-order valence-corrected chi connectivity index (χ4v) is 3.64. The van der Waals surface area contributed by atoms with Gasteiger partial charge in [0, 0.05) is 43.4 Å². The third-order valence-electron chi connectivity index (χ3n) is 5.50. The number of carbonyl (C=O) groups excluding carboxylic acids is 2. The number of piperidine rings is 1. The van der Waals surface area contributed by atoms with Gasteiger partial charge in [-0.2, -0.15) is 0 Å². The Labute approximate surface area is 175 Å². The molecule has 2 heterocycles. The van der Waals surface area contributed by atoms with E-state index in [1.54, 1.807) is 6.20 Å². The third-order valence-corrected chi connectivity index (χ3v) is 5.72. The van der Waals surface area contributed by atoms with Gasteiger partial charge in [-0.3, -0.25) is 9.59 Å². The first-order valence-electron chi connectivity index (χ1n) is 10.1. The average molecular weight is 413 g/mol. The second kappa shape index (κ2) is 8.82. The van der Waals surface area contributed by atoms with Gasteiger partial charge in [-0.25, -0.2) is 4.98 Å². The largest absolute Gasteiger partial charge is 0.357 e. The van der Waals surface area contributed by atoms with E-state index in [2.05, 4.69) is 20.5 Å². The predicted octanol–water partition coefficient (Wildman–Crippen LogP) is 3.16. The maximum atomic E-state index is 12.5. The smallest absolute Gasteiger partial charge is 0.251 e. The van der Waals surface area contributed by atoms with Gasteiger partial charge in [0.05, 0.1) is 5.02 Å². The van der Waals surface area contributed by atoms with Crippen molar-refractivity contribution in [2.45, 2.75) is 38.3 Å². The molecule has 1 aromatic heterocycles. The van der Waals surface area contributed by atoms with Crippen molar-refractivity contribution >= 4 is 29.2 Å². The summed E-state index contributed by atoms with van der Waals surface area (Å²) in [6.07, 6.45) is 5.40. The molecule has 0 unspecified atom stereocenters. The molecule has 0 radical (unpaired) electrons. The van der Waals surface area contributed by atoms with Gasteiger partial charge in [0.1, 0.15) is 5.82 Å². The van der Waals surface area contributed by atoms with Crippen LogP contribution in [0.25, 0.3) is 0 Å². The van der Waals surface area contributed by atoms with Crippen molar-refractivity contribution in [1.29, 1.82) is 0 Å². The molecule has 1 aliphatic carbocycles. The molecule has 7 heteroatoms. The minimum Gasteiger partial charge on any atom is -0.357 e. The Morgan fingerprint density at radius 2 is 1.76 bits per heavy atom. The quantitative estimate of drug-likeness (QED) is 0.764. The van der Waals surface area contributed by atoms with E-state index in [9.17, 15) is 9.59 Å². The van der Waals surface area contributed by atoms with Crippen LogP contribution in [0, 0.1) is 5.92 Å². The molecule has 2 fully saturated rings. The van der Waals surface area contributed by atoms with E-state index in [-0.39, 0.29) is 17.7 Å². The lowest BCUT2D eigenvalue weighted by Crippen LogP contribution is -2.40. The number of halogens is 1. The summed E-state index contributed by atoms with van der Waals surface area (Å²) >= 11 is 5.89. The van der Waals surface area contributed by atoms with Gasteiger partial charge in [0.2, 0.25) is 5.91 Å². The monoisotopic (exact) mass is 412 g/mol. The molecular formula is C22H25ClN4O2. The van der Waals surface area contributed by atoms with Crippen LogP contribution in [-0.4, -0.2) is 35.9 Å². The van der Waals surface area contributed by atoms with Crippen LogP contribution < -0.4 is 15.5 Å². The molecule has 2 N–H and O–H groups in total. The Morgan fingerprint density at radius 1 is 1.03 bits per heavy atom. The number of anilines is 1. The van der Waals surface area contributed by atoms with E-state index < -0.39 is 0 Å². The van der Waals surface area contributed by atoms with Crippen LogP contribution >= 0.6 is 11.6 Å². The standard InChI is InChI=1S/C22H25ClN4O2/c23-18-5-8-20(24-14-18)27-11-9-17(10-12-27)21(28)25-13-15-1-3-16(4-2-15)22(29)26-19-6-7-19/h1-5,8,14,17,19H,6-7,9-13H2,(H,25,28)(H,26,29). The summed E-state index contributed by atoms with van der Waals surface area (Å²) in [5.74, 6) is 0.982. The number of hydrogen-bond donors (Lipinski definition) is 2. The molecule has 29 heavy (non-hydrogen) atoms. The zero-order chi connectivity index (χ0) is 20.2. The van der Waals surface area contributed by atoms with E-state index in [0.29, 0.717) is 23.2 Å². The number of amides is 2. The topological polar surface area (TPSA) is 74.3 Å². The van der Waals surface area contributed by atoms with Gasteiger partial charge in [-0.1, -0.05) is 23.7 Å². The van der Waals surface area contributed by atoms with Crippen LogP contribution in [0.15, 0.2) is 42.6 Å². The summed E-state index contributed by atoms with van der Waals surface area (Å²) in [5, 5.41) is 6.63. The van der Waals surface area contributed by atoms with E-state index in [4.69, 9.17) is 11.6 Å². The number of benzene rings is 1. The van der Waals surface area contributed by atoms with E-state index in [0.717, 1.165) is 50.2 Å². The number of nitrogens with zero attached hydrogens (tertiary/aromatic N) is 2. The first-order valence-corrected chi connectivity index (χ1v) is 10.5. The zero-order valence-electron chi connectivity index (χ0n) is 16.2. The number of aromatic nitrogens is 1. The molecule has 1 aromatic carbocycles. The Hall–Kier alpha value is -2.60. The summed E-state index contributed by atoms with van der Waals surface area (Å²) in [6.45, 7) is 2.08. The number of pyridine rings is 1. The normalized spacial score (nSPS) is 17.1. The SMILES string of the molecule is O=C(NC1CC1)c1ccc(CNC(=O)C2CCN(c3ccc(Cl)cn3)CC2)cc1. The first kappa shape index (κ1) is 19.7. The van der Waals surface area contributed by atoms with E-state index in [1.807, 2.05) is 36.4 Å². The predicted molar refractivity (Wildman–Crippen MR) is 113 cm³/mol. The first-order chi connectivity index (χ1) is 14.1. The molecule has 0 spiro atoms. The van der Waals surface area contributed by atoms with Crippen molar-refractivity contribution in [2.75, 3.05) is 18.0 Å². The van der Waals surface area contributed by atoms with Crippen molar-refractivity contribution in [3.05, 3.63) is 58.7 Å². The Balaban J connectivity index is 1.22. The van der Waals surface area contributed by atoms with Gasteiger partial charge in [-0.15, -0.1) is 0 Å². The molecule has 0 atom stereocenters. The fraction of sp³-hybridized carbons (Fsp3) is 0.409. The van der Waals surface area contributed by atoms with Crippen molar-refractivity contribution in [1.82, 2.24) is 15.6 Å². The molecule has 6 nitrogen and oxygen atoms in total. The van der Waals surface area contributed by atoms with Gasteiger partial charge >= 0.3 is 0 Å². The number of nitrogens with one attached hydrogen (secondary N) is 2. The van der Waals surface area contributed by atoms with Gasteiger partial charge in [0.15, 0.2) is 0 Å². The maximum absolute atomic E-state index is 12.5. The highest BCUT2D eigenvalue weighted by molar-refractivity contribution is 6.30. The van der Waals surface area contributed by atoms with Crippen molar-refractivity contribution < 1.29 is 9.59 Å². The average Bonchev–Trinajstić information content (AvgIpc) is 3.57. The Morgan fingerprint density at radius 3 is 2.38 bits per heavy atom. The van der Waals surface area contributed by atoms with Crippen LogP contribution in [0.5, 0.6) is 0 Å². The van der Waals surface area contributed by atoms with E-state index >= 15 is 0 Å². The lowest BCUT2D eigenvalue weighted by Gasteiger charge is -2.32. The molecule has 0 bridgehead atoms. The molecule has 2 aliphatic rings. The highest BCUT2D eigenvalue weighted by Gasteiger charge is 2.26. The van der Waals surface area contributed by atoms with Crippen molar-refractivity contribution in [3.63, 3.8) is 0 Å². The molecular weight excluding hydrogens is 388 g/mol. The molecule has 1 saturated carbocycles. The molecule has 1 aliphatic heterocycles. The Bertz CT molecular complexity index is 857. The summed E-state index contributed by atoms with van der Waals surface area (Å²) in [5.41, 5.74) is 1.65.